The van der Waals surface area contributed by atoms with Gasteiger partial charge in [-0.05, 0) is 201 Å². The SMILES string of the molecule is CC(=O)C(O)C(C)C(C)C.CC(=O)C(O)CC(C)C.CC(=O)CC(C)C(C)C.CC(=O)C[C@@H](C)C(C)C.CC(=O)C[C@H](C)C(C)C.CC(=O)[C@@H](C)[C@@H](C)C(C)C.CC(=O)[C@@H](O)CC(C)C.CC(=O)[C@@H](O)[C@H](C)C(C)C.CC(=O)[C@H](O)CC(C)C.CC(=O)[C@H](O)[C@H](C)C(C)C.CC(C)[C@H](C)[C@@H](O)C(N)=O. The second kappa shape index (κ2) is 70.6. The molecular formula is C85H171NO18. The minimum atomic E-state index is -1.00. The number of Topliss-reactive ketones (excluding diaryl/α,β-unsaturated/α-hetero) is 10. The Morgan fingerprint density at radius 2 is 0.394 bits per heavy atom. The Morgan fingerprint density at radius 1 is 0.231 bits per heavy atom. The van der Waals surface area contributed by atoms with E-state index >= 15 is 0 Å². The summed E-state index contributed by atoms with van der Waals surface area (Å²) in [7, 11) is 0. The maximum Gasteiger partial charge on any atom is 0.246 e. The molecule has 104 heavy (non-hydrogen) atoms. The molecule has 0 aliphatic heterocycles. The predicted molar refractivity (Wildman–Crippen MR) is 431 cm³/mol. The molecule has 0 fully saturated rings. The van der Waals surface area contributed by atoms with Crippen molar-refractivity contribution in [3.05, 3.63) is 0 Å². The van der Waals surface area contributed by atoms with E-state index in [1.807, 2.05) is 125 Å². The van der Waals surface area contributed by atoms with Crippen LogP contribution in [0.25, 0.3) is 0 Å². The van der Waals surface area contributed by atoms with Gasteiger partial charge in [-0.3, -0.25) is 38.4 Å². The van der Waals surface area contributed by atoms with E-state index in [0.717, 1.165) is 19.3 Å². The summed E-state index contributed by atoms with van der Waals surface area (Å²) in [5, 5.41) is 63.6. The Hall–Kier alpha value is -4.11. The number of hydrogen-bond donors (Lipinski definition) is 8. The smallest absolute Gasteiger partial charge is 0.246 e. The first-order valence-corrected chi connectivity index (χ1v) is 38.6. The van der Waals surface area contributed by atoms with Crippen LogP contribution < -0.4 is 5.73 Å². The topological polar surface area (TPSA) is 355 Å². The average Bonchev–Trinajstić information content (AvgIpc) is 0.950. The third-order valence-electron chi connectivity index (χ3n) is 19.0. The molecule has 19 heteroatoms. The third kappa shape index (κ3) is 85.1. The van der Waals surface area contributed by atoms with Gasteiger partial charge in [0.25, 0.3) is 0 Å². The molecule has 0 aromatic carbocycles. The molecule has 0 spiro atoms. The molecule has 1 amide bonds. The van der Waals surface area contributed by atoms with Gasteiger partial charge < -0.3 is 55.9 Å². The molecule has 0 radical (unpaired) electrons. The zero-order valence-electron chi connectivity index (χ0n) is 74.5. The first-order chi connectivity index (χ1) is 46.5. The number of amides is 1. The van der Waals surface area contributed by atoms with Gasteiger partial charge in [-0.2, -0.15) is 0 Å². The van der Waals surface area contributed by atoms with E-state index in [4.69, 9.17) is 26.2 Å². The summed E-state index contributed by atoms with van der Waals surface area (Å²) in [6, 6.07) is 0. The second-order valence-corrected chi connectivity index (χ2v) is 33.6. The minimum absolute atomic E-state index is 0.0579. The van der Waals surface area contributed by atoms with Gasteiger partial charge in [0.1, 0.15) is 65.9 Å². The summed E-state index contributed by atoms with van der Waals surface area (Å²) in [4.78, 5) is 116. The fourth-order valence-electron chi connectivity index (χ4n) is 7.68. The highest BCUT2D eigenvalue weighted by Crippen LogP contribution is 2.22. The van der Waals surface area contributed by atoms with Gasteiger partial charge in [0.15, 0.2) is 34.7 Å². The van der Waals surface area contributed by atoms with Crippen LogP contribution in [-0.4, -0.2) is 142 Å². The standard InChI is InChI=1S/C9H18O.3C8H16O2.3C8H16O.C7H15NO2.3C7H14O2/c1-6(2)7(3)8(4)9(5)10;3*1-5(2)6(3)8(10)7(4)9;3*1-6(2)7(3)5-8(4)9;1-4(2)5(3)6(9)7(8)10;3*1-5(2)4-7(9)6(3)8/h6-8H,1-5H3;3*5-6,8,10H,1-4H3;3*6-7H,5H2,1-4H3;4-6,9H,1-3H3,(H2,8,10);3*5,7,9H,4H2,1-3H3/t7-,8-;6-,8+;6-,8-;;2*7-;;5-,6+;2*7-;/m011.10.010./s1. The zero-order chi connectivity index (χ0) is 86.2. The maximum atomic E-state index is 10.9. The Balaban J connectivity index is -0.000000102. The number of carbonyl (C=O) groups excluding carboxylic acids is 11. The number of primary amides is 1. The molecule has 0 saturated heterocycles. The molecule has 0 bridgehead atoms. The molecule has 19 nitrogen and oxygen atoms in total. The fourth-order valence-corrected chi connectivity index (χ4v) is 7.68. The summed E-state index contributed by atoms with van der Waals surface area (Å²) in [5.41, 5.74) is 4.89. The Morgan fingerprint density at radius 3 is 0.442 bits per heavy atom. The zero-order valence-corrected chi connectivity index (χ0v) is 74.5. The van der Waals surface area contributed by atoms with Crippen LogP contribution in [0.2, 0.25) is 0 Å². The number of aliphatic hydroxyl groups excluding tert-OH is 7. The lowest BCUT2D eigenvalue weighted by molar-refractivity contribution is -0.129. The molecule has 0 rings (SSSR count). The number of rotatable bonds is 33. The molecular weight excluding hydrogens is 1320 g/mol. The summed E-state index contributed by atoms with van der Waals surface area (Å²) in [5.74, 6) is 7.31. The second-order valence-electron chi connectivity index (χ2n) is 33.6. The molecule has 624 valence electrons. The molecule has 16 atom stereocenters. The normalized spacial score (nSPS) is 15.4. The van der Waals surface area contributed by atoms with Crippen molar-refractivity contribution in [2.75, 3.05) is 0 Å². The number of carbonyl (C=O) groups is 11. The van der Waals surface area contributed by atoms with Crippen molar-refractivity contribution in [3.63, 3.8) is 0 Å². The van der Waals surface area contributed by atoms with E-state index in [1.54, 1.807) is 34.6 Å². The van der Waals surface area contributed by atoms with E-state index in [1.165, 1.54) is 41.5 Å². The predicted octanol–water partition coefficient (Wildman–Crippen LogP) is 16.0. The van der Waals surface area contributed by atoms with Gasteiger partial charge >= 0.3 is 0 Å². The molecule has 0 heterocycles. The molecule has 0 aromatic rings. The summed E-state index contributed by atoms with van der Waals surface area (Å²) >= 11 is 0. The van der Waals surface area contributed by atoms with Gasteiger partial charge in [0.05, 0.1) is 0 Å². The van der Waals surface area contributed by atoms with Gasteiger partial charge in [-0.15, -0.1) is 0 Å². The van der Waals surface area contributed by atoms with Crippen LogP contribution in [0.3, 0.4) is 0 Å². The lowest BCUT2D eigenvalue weighted by Crippen LogP contribution is -2.36. The van der Waals surface area contributed by atoms with Gasteiger partial charge in [-0.25, -0.2) is 0 Å². The maximum absolute atomic E-state index is 10.9. The molecule has 0 aromatic heterocycles. The Labute approximate surface area is 638 Å². The van der Waals surface area contributed by atoms with Crippen molar-refractivity contribution in [3.8, 4) is 0 Å². The lowest BCUT2D eigenvalue weighted by atomic mass is 9.84. The van der Waals surface area contributed by atoms with E-state index in [2.05, 4.69) is 83.1 Å². The first kappa shape index (κ1) is 124. The van der Waals surface area contributed by atoms with Crippen molar-refractivity contribution in [2.24, 2.45) is 124 Å². The van der Waals surface area contributed by atoms with Crippen molar-refractivity contribution in [1.29, 1.82) is 0 Å². The first-order valence-electron chi connectivity index (χ1n) is 38.6. The Kier molecular flexibility index (Phi) is 83.9. The molecule has 0 aliphatic rings. The number of hydrogen-bond acceptors (Lipinski definition) is 18. The van der Waals surface area contributed by atoms with Crippen molar-refractivity contribution < 1.29 is 88.5 Å². The van der Waals surface area contributed by atoms with E-state index in [9.17, 15) is 68.1 Å². The van der Waals surface area contributed by atoms with Crippen LogP contribution in [0.5, 0.6) is 0 Å². The Bertz CT molecular complexity index is 1930. The highest BCUT2D eigenvalue weighted by atomic mass is 16.3. The summed E-state index contributed by atoms with van der Waals surface area (Å²) in [6.07, 6.45) is -1.63. The molecule has 4 unspecified atom stereocenters. The van der Waals surface area contributed by atoms with Gasteiger partial charge in [0, 0.05) is 25.2 Å². The van der Waals surface area contributed by atoms with Crippen molar-refractivity contribution in [1.82, 2.24) is 0 Å². The van der Waals surface area contributed by atoms with Crippen molar-refractivity contribution in [2.45, 2.75) is 365 Å². The van der Waals surface area contributed by atoms with E-state index in [0.29, 0.717) is 125 Å². The van der Waals surface area contributed by atoms with Crippen molar-refractivity contribution >= 4 is 63.7 Å². The quantitative estimate of drug-likeness (QED) is 0.0302. The van der Waals surface area contributed by atoms with Crippen LogP contribution in [0.4, 0.5) is 0 Å². The van der Waals surface area contributed by atoms with Gasteiger partial charge in [-0.1, -0.05) is 215 Å². The fraction of sp³-hybridized carbons (Fsp3) is 0.871. The number of ketones is 10. The van der Waals surface area contributed by atoms with Crippen LogP contribution in [-0.2, 0) is 52.7 Å². The van der Waals surface area contributed by atoms with Crippen LogP contribution in [0, 0.1) is 118 Å². The van der Waals surface area contributed by atoms with E-state index < -0.39 is 48.6 Å². The van der Waals surface area contributed by atoms with Crippen LogP contribution >= 0.6 is 0 Å². The third-order valence-corrected chi connectivity index (χ3v) is 19.0. The summed E-state index contributed by atoms with van der Waals surface area (Å²) < 4.78 is 0. The van der Waals surface area contributed by atoms with E-state index in [-0.39, 0.29) is 70.2 Å². The monoisotopic (exact) mass is 1490 g/mol. The number of aliphatic hydroxyl groups is 7. The van der Waals surface area contributed by atoms with Crippen LogP contribution in [0.15, 0.2) is 0 Å². The molecule has 0 saturated carbocycles. The van der Waals surface area contributed by atoms with Crippen LogP contribution in [0.1, 0.15) is 322 Å². The molecule has 9 N–H and O–H groups in total. The summed E-state index contributed by atoms with van der Waals surface area (Å²) in [6.45, 7) is 78.0. The minimum Gasteiger partial charge on any atom is -0.385 e. The highest BCUT2D eigenvalue weighted by molar-refractivity contribution is 5.82. The largest absolute Gasteiger partial charge is 0.385 e. The number of nitrogens with two attached hydrogens (primary N) is 1. The molecule has 0 aliphatic carbocycles. The highest BCUT2D eigenvalue weighted by Gasteiger charge is 2.25. The van der Waals surface area contributed by atoms with Gasteiger partial charge in [0.2, 0.25) is 5.91 Å². The lowest BCUT2D eigenvalue weighted by Gasteiger charge is -2.20. The average molecular weight is 1500 g/mol.